The van der Waals surface area contributed by atoms with Gasteiger partial charge in [-0.3, -0.25) is 4.79 Å². The van der Waals surface area contributed by atoms with Crippen LogP contribution < -0.4 is 10.6 Å². The number of amides is 2. The number of nitrogens with one attached hydrogen (secondary N) is 2. The van der Waals surface area contributed by atoms with Gasteiger partial charge in [0.15, 0.2) is 0 Å². The minimum Gasteiger partial charge on any atom is -0.453 e. The van der Waals surface area contributed by atoms with Crippen LogP contribution in [0.5, 0.6) is 0 Å². The molecule has 6 heteroatoms. The lowest BCUT2D eigenvalue weighted by atomic mass is 10.2. The number of carbonyl (C=O) groups is 2. The minimum atomic E-state index is -0.520. The van der Waals surface area contributed by atoms with Crippen molar-refractivity contribution in [2.45, 2.75) is 4.90 Å². The molecule has 2 N–H and O–H groups in total. The molecule has 1 aromatic carbocycles. The molecular weight excluding hydrogens is 240 g/mol. The molecule has 17 heavy (non-hydrogen) atoms. The van der Waals surface area contributed by atoms with Crippen molar-refractivity contribution >= 4 is 24.6 Å². The lowest BCUT2D eigenvalue weighted by molar-refractivity contribution is 0.0950. The highest BCUT2D eigenvalue weighted by Crippen LogP contribution is 2.12. The monoisotopic (exact) mass is 254 g/mol. The third-order valence-electron chi connectivity index (χ3n) is 2.01. The fraction of sp³-hybridized carbons (Fsp3) is 0.273. The largest absolute Gasteiger partial charge is 0.453 e. The molecule has 0 fully saturated rings. The highest BCUT2D eigenvalue weighted by atomic mass is 32.1. The number of alkyl carbamates (subject to hydrolysis) is 1. The van der Waals surface area contributed by atoms with E-state index in [1.807, 2.05) is 0 Å². The summed E-state index contributed by atoms with van der Waals surface area (Å²) in [7, 11) is 1.28. The number of carbonyl (C=O) groups excluding carboxylic acids is 2. The van der Waals surface area contributed by atoms with Crippen LogP contribution in [0.2, 0.25) is 0 Å². The molecule has 0 aliphatic heterocycles. The van der Waals surface area contributed by atoms with Crippen molar-refractivity contribution in [3.05, 3.63) is 29.8 Å². The van der Waals surface area contributed by atoms with Gasteiger partial charge >= 0.3 is 6.09 Å². The Kier molecular flexibility index (Phi) is 5.35. The Morgan fingerprint density at radius 2 is 1.88 bits per heavy atom. The van der Waals surface area contributed by atoms with Gasteiger partial charge in [-0.15, -0.1) is 12.6 Å². The van der Waals surface area contributed by atoms with E-state index in [1.165, 1.54) is 7.11 Å². The Morgan fingerprint density at radius 1 is 1.24 bits per heavy atom. The Morgan fingerprint density at radius 3 is 2.53 bits per heavy atom. The van der Waals surface area contributed by atoms with E-state index in [0.29, 0.717) is 23.5 Å². The summed E-state index contributed by atoms with van der Waals surface area (Å²) in [5.41, 5.74) is 0.508. The van der Waals surface area contributed by atoms with E-state index < -0.39 is 6.09 Å². The molecule has 5 nitrogen and oxygen atoms in total. The summed E-state index contributed by atoms with van der Waals surface area (Å²) in [6, 6.07) is 7.00. The van der Waals surface area contributed by atoms with Crippen molar-refractivity contribution in [3.8, 4) is 0 Å². The number of benzene rings is 1. The fourth-order valence-corrected chi connectivity index (χ4v) is 1.44. The molecule has 0 heterocycles. The summed E-state index contributed by atoms with van der Waals surface area (Å²) in [5, 5.41) is 5.12. The van der Waals surface area contributed by atoms with Crippen LogP contribution in [0, 0.1) is 0 Å². The van der Waals surface area contributed by atoms with Crippen LogP contribution in [0.4, 0.5) is 4.79 Å². The number of methoxy groups -OCH3 is 1. The number of thiol groups is 1. The van der Waals surface area contributed by atoms with Crippen LogP contribution in [0.25, 0.3) is 0 Å². The topological polar surface area (TPSA) is 67.4 Å². The van der Waals surface area contributed by atoms with E-state index in [9.17, 15) is 9.59 Å². The fourth-order valence-electron chi connectivity index (χ4n) is 1.17. The van der Waals surface area contributed by atoms with E-state index in [0.717, 1.165) is 0 Å². The van der Waals surface area contributed by atoms with Gasteiger partial charge in [-0.05, 0) is 12.1 Å². The molecule has 0 aromatic heterocycles. The number of hydrogen-bond donors (Lipinski definition) is 3. The van der Waals surface area contributed by atoms with Crippen LogP contribution in [0.3, 0.4) is 0 Å². The highest BCUT2D eigenvalue weighted by molar-refractivity contribution is 7.80. The van der Waals surface area contributed by atoms with Gasteiger partial charge in [-0.25, -0.2) is 4.79 Å². The Hall–Kier alpha value is -1.69. The van der Waals surface area contributed by atoms with E-state index in [1.54, 1.807) is 24.3 Å². The summed E-state index contributed by atoms with van der Waals surface area (Å²) in [6.07, 6.45) is -0.520. The SMILES string of the molecule is COC(=O)NCCNC(=O)c1ccccc1S. The molecule has 0 atom stereocenters. The van der Waals surface area contributed by atoms with Crippen molar-refractivity contribution in [2.75, 3.05) is 20.2 Å². The van der Waals surface area contributed by atoms with E-state index >= 15 is 0 Å². The van der Waals surface area contributed by atoms with Crippen molar-refractivity contribution < 1.29 is 14.3 Å². The van der Waals surface area contributed by atoms with Crippen LogP contribution in [0.1, 0.15) is 10.4 Å². The molecule has 0 radical (unpaired) electrons. The molecule has 92 valence electrons. The summed E-state index contributed by atoms with van der Waals surface area (Å²) in [6.45, 7) is 0.642. The summed E-state index contributed by atoms with van der Waals surface area (Å²) < 4.78 is 4.39. The molecule has 1 rings (SSSR count). The van der Waals surface area contributed by atoms with Crippen LogP contribution >= 0.6 is 12.6 Å². The smallest absolute Gasteiger partial charge is 0.406 e. The molecular formula is C11H14N2O3S. The van der Waals surface area contributed by atoms with E-state index in [2.05, 4.69) is 28.0 Å². The maximum absolute atomic E-state index is 11.7. The molecule has 1 aromatic rings. The first-order valence-electron chi connectivity index (χ1n) is 5.03. The molecule has 0 unspecified atom stereocenters. The summed E-state index contributed by atoms with van der Waals surface area (Å²) >= 11 is 4.18. The van der Waals surface area contributed by atoms with Gasteiger partial charge in [0.05, 0.1) is 12.7 Å². The Labute approximate surface area is 105 Å². The highest BCUT2D eigenvalue weighted by Gasteiger charge is 2.07. The van der Waals surface area contributed by atoms with Crippen molar-refractivity contribution in [3.63, 3.8) is 0 Å². The van der Waals surface area contributed by atoms with Crippen LogP contribution in [0.15, 0.2) is 29.2 Å². The van der Waals surface area contributed by atoms with Crippen LogP contribution in [-0.4, -0.2) is 32.2 Å². The molecule has 0 aliphatic rings. The lowest BCUT2D eigenvalue weighted by Crippen LogP contribution is -2.34. The number of rotatable bonds is 4. The molecule has 2 amide bonds. The predicted molar refractivity (Wildman–Crippen MR) is 66.4 cm³/mol. The van der Waals surface area contributed by atoms with Crippen molar-refractivity contribution in [1.82, 2.24) is 10.6 Å². The second-order valence-electron chi connectivity index (χ2n) is 3.19. The Bertz CT molecular complexity index is 409. The van der Waals surface area contributed by atoms with Gasteiger partial charge in [-0.2, -0.15) is 0 Å². The minimum absolute atomic E-state index is 0.220. The van der Waals surface area contributed by atoms with Gasteiger partial charge in [0.2, 0.25) is 0 Å². The predicted octanol–water partition coefficient (Wildman–Crippen LogP) is 1.06. The van der Waals surface area contributed by atoms with Gasteiger partial charge in [0, 0.05) is 18.0 Å². The maximum Gasteiger partial charge on any atom is 0.406 e. The van der Waals surface area contributed by atoms with Gasteiger partial charge in [0.25, 0.3) is 5.91 Å². The average Bonchev–Trinajstić information content (AvgIpc) is 2.34. The zero-order valence-corrected chi connectivity index (χ0v) is 10.3. The van der Waals surface area contributed by atoms with Gasteiger partial charge in [-0.1, -0.05) is 12.1 Å². The molecule has 0 spiro atoms. The Balaban J connectivity index is 2.36. The maximum atomic E-state index is 11.7. The lowest BCUT2D eigenvalue weighted by Gasteiger charge is -2.07. The second-order valence-corrected chi connectivity index (χ2v) is 3.67. The zero-order valence-electron chi connectivity index (χ0n) is 9.40. The first kappa shape index (κ1) is 13.4. The van der Waals surface area contributed by atoms with E-state index in [4.69, 9.17) is 0 Å². The third kappa shape index (κ3) is 4.36. The van der Waals surface area contributed by atoms with Gasteiger partial charge < -0.3 is 15.4 Å². The van der Waals surface area contributed by atoms with Crippen molar-refractivity contribution in [2.24, 2.45) is 0 Å². The second kappa shape index (κ2) is 6.80. The first-order chi connectivity index (χ1) is 8.15. The molecule has 0 bridgehead atoms. The van der Waals surface area contributed by atoms with Crippen LogP contribution in [-0.2, 0) is 4.74 Å². The first-order valence-corrected chi connectivity index (χ1v) is 5.48. The standard InChI is InChI=1S/C11H14N2O3S/c1-16-11(15)13-7-6-12-10(14)8-4-2-3-5-9(8)17/h2-5,17H,6-7H2,1H3,(H,12,14)(H,13,15). The third-order valence-corrected chi connectivity index (χ3v) is 2.40. The van der Waals surface area contributed by atoms with Gasteiger partial charge in [0.1, 0.15) is 0 Å². The normalized spacial score (nSPS) is 9.53. The average molecular weight is 254 g/mol. The summed E-state index contributed by atoms with van der Waals surface area (Å²) in [5.74, 6) is -0.220. The molecule has 0 saturated heterocycles. The number of hydrogen-bond acceptors (Lipinski definition) is 4. The zero-order chi connectivity index (χ0) is 12.7. The van der Waals surface area contributed by atoms with E-state index in [-0.39, 0.29) is 5.91 Å². The molecule has 0 saturated carbocycles. The molecule has 0 aliphatic carbocycles. The number of ether oxygens (including phenoxy) is 1. The quantitative estimate of drug-likeness (QED) is 0.556. The summed E-state index contributed by atoms with van der Waals surface area (Å²) in [4.78, 5) is 23.0. The van der Waals surface area contributed by atoms with Crippen molar-refractivity contribution in [1.29, 1.82) is 0 Å².